The lowest BCUT2D eigenvalue weighted by Crippen LogP contribution is -2.32. The van der Waals surface area contributed by atoms with Crippen LogP contribution in [0.15, 0.2) is 53.6 Å². The van der Waals surface area contributed by atoms with Crippen LogP contribution < -0.4 is 10.7 Å². The fourth-order valence-electron chi connectivity index (χ4n) is 1.90. The van der Waals surface area contributed by atoms with Crippen LogP contribution in [0.4, 0.5) is 10.1 Å². The number of nitrogens with one attached hydrogen (secondary N) is 2. The van der Waals surface area contributed by atoms with E-state index >= 15 is 0 Å². The summed E-state index contributed by atoms with van der Waals surface area (Å²) in [6, 6.07) is 11.4. The van der Waals surface area contributed by atoms with Crippen LogP contribution in [0.3, 0.4) is 0 Å². The van der Waals surface area contributed by atoms with E-state index < -0.39 is 23.6 Å². The second-order valence-electron chi connectivity index (χ2n) is 5.01. The summed E-state index contributed by atoms with van der Waals surface area (Å²) in [5.41, 5.74) is 3.12. The standard InChI is InChI=1S/C18H16FN3O4/c1-2-26-18(25)13-6-8-15(9-7-13)21-16(23)17(24)22-20-11-12-4-3-5-14(19)10-12/h3-11H,2H2,1H3,(H,21,23)(H,22,24)/b20-11+. The maximum Gasteiger partial charge on any atom is 0.338 e. The SMILES string of the molecule is CCOC(=O)c1ccc(NC(=O)C(=O)N/N=C/c2cccc(F)c2)cc1. The molecule has 2 aromatic carbocycles. The molecule has 0 aromatic heterocycles. The minimum atomic E-state index is -0.993. The molecule has 0 bridgehead atoms. The summed E-state index contributed by atoms with van der Waals surface area (Å²) >= 11 is 0. The molecule has 0 unspecified atom stereocenters. The van der Waals surface area contributed by atoms with Gasteiger partial charge in [-0.3, -0.25) is 9.59 Å². The van der Waals surface area contributed by atoms with Gasteiger partial charge < -0.3 is 10.1 Å². The van der Waals surface area contributed by atoms with E-state index in [2.05, 4.69) is 10.4 Å². The molecule has 7 nitrogen and oxygen atoms in total. The third-order valence-corrected chi connectivity index (χ3v) is 3.09. The predicted octanol–water partition coefficient (Wildman–Crippen LogP) is 2.09. The van der Waals surface area contributed by atoms with E-state index in [1.807, 2.05) is 5.43 Å². The van der Waals surface area contributed by atoms with Gasteiger partial charge in [-0.05, 0) is 48.9 Å². The Labute approximate surface area is 148 Å². The molecule has 0 atom stereocenters. The first-order chi connectivity index (χ1) is 12.5. The summed E-state index contributed by atoms with van der Waals surface area (Å²) in [5.74, 6) is -2.85. The largest absolute Gasteiger partial charge is 0.462 e. The number of halogens is 1. The number of nitrogens with zero attached hydrogens (tertiary/aromatic N) is 1. The van der Waals surface area contributed by atoms with Crippen LogP contribution in [-0.2, 0) is 14.3 Å². The first-order valence-corrected chi connectivity index (χ1v) is 7.66. The average Bonchev–Trinajstić information content (AvgIpc) is 2.62. The fourth-order valence-corrected chi connectivity index (χ4v) is 1.90. The van der Waals surface area contributed by atoms with Crippen molar-refractivity contribution in [2.24, 2.45) is 5.10 Å². The van der Waals surface area contributed by atoms with Gasteiger partial charge in [-0.15, -0.1) is 0 Å². The summed E-state index contributed by atoms with van der Waals surface area (Å²) in [5, 5.41) is 5.95. The minimum absolute atomic E-state index is 0.258. The highest BCUT2D eigenvalue weighted by atomic mass is 19.1. The molecule has 0 aliphatic heterocycles. The Morgan fingerprint density at radius 1 is 1.12 bits per heavy atom. The monoisotopic (exact) mass is 357 g/mol. The molecule has 0 aliphatic carbocycles. The number of rotatable bonds is 5. The predicted molar refractivity (Wildman–Crippen MR) is 93.2 cm³/mol. The van der Waals surface area contributed by atoms with Gasteiger partial charge in [-0.1, -0.05) is 12.1 Å². The number of carbonyl (C=O) groups excluding carboxylic acids is 3. The lowest BCUT2D eigenvalue weighted by Gasteiger charge is -2.05. The van der Waals surface area contributed by atoms with Gasteiger partial charge >= 0.3 is 17.8 Å². The Hall–Kier alpha value is -3.55. The number of carbonyl (C=O) groups is 3. The first kappa shape index (κ1) is 18.8. The van der Waals surface area contributed by atoms with Gasteiger partial charge in [0.15, 0.2) is 0 Å². The lowest BCUT2D eigenvalue weighted by molar-refractivity contribution is -0.136. The van der Waals surface area contributed by atoms with E-state index in [1.54, 1.807) is 13.0 Å². The second-order valence-corrected chi connectivity index (χ2v) is 5.01. The molecule has 134 valence electrons. The van der Waals surface area contributed by atoms with Crippen molar-refractivity contribution >= 4 is 29.7 Å². The Balaban J connectivity index is 1.88. The van der Waals surface area contributed by atoms with E-state index in [4.69, 9.17) is 4.74 Å². The van der Waals surface area contributed by atoms with E-state index in [0.29, 0.717) is 16.8 Å². The number of amides is 2. The zero-order valence-electron chi connectivity index (χ0n) is 13.9. The maximum absolute atomic E-state index is 13.0. The Morgan fingerprint density at radius 3 is 2.50 bits per heavy atom. The molecule has 2 amide bonds. The van der Waals surface area contributed by atoms with Crippen LogP contribution in [0.2, 0.25) is 0 Å². The first-order valence-electron chi connectivity index (χ1n) is 7.66. The van der Waals surface area contributed by atoms with E-state index in [0.717, 1.165) is 0 Å². The third kappa shape index (κ3) is 5.52. The zero-order chi connectivity index (χ0) is 18.9. The van der Waals surface area contributed by atoms with Crippen LogP contribution in [0.1, 0.15) is 22.8 Å². The van der Waals surface area contributed by atoms with Crippen molar-refractivity contribution in [1.29, 1.82) is 0 Å². The normalized spacial score (nSPS) is 10.4. The van der Waals surface area contributed by atoms with Gasteiger partial charge in [0.2, 0.25) is 0 Å². The molecule has 26 heavy (non-hydrogen) atoms. The maximum atomic E-state index is 13.0. The van der Waals surface area contributed by atoms with Gasteiger partial charge in [0.25, 0.3) is 0 Å². The van der Waals surface area contributed by atoms with Crippen LogP contribution in [-0.4, -0.2) is 30.6 Å². The van der Waals surface area contributed by atoms with Crippen molar-refractivity contribution < 1.29 is 23.5 Å². The number of esters is 1. The van der Waals surface area contributed by atoms with Gasteiger partial charge in [-0.2, -0.15) is 5.10 Å². The molecule has 0 spiro atoms. The molecular weight excluding hydrogens is 341 g/mol. The van der Waals surface area contributed by atoms with Gasteiger partial charge in [0.05, 0.1) is 18.4 Å². The molecule has 2 aromatic rings. The summed E-state index contributed by atoms with van der Waals surface area (Å²) in [4.78, 5) is 35.0. The summed E-state index contributed by atoms with van der Waals surface area (Å²) in [6.45, 7) is 1.95. The van der Waals surface area contributed by atoms with E-state index in [1.165, 1.54) is 48.7 Å². The van der Waals surface area contributed by atoms with Crippen LogP contribution in [0, 0.1) is 5.82 Å². The topological polar surface area (TPSA) is 96.9 Å². The summed E-state index contributed by atoms with van der Waals surface area (Å²) < 4.78 is 17.8. The zero-order valence-corrected chi connectivity index (χ0v) is 13.9. The molecule has 2 rings (SSSR count). The molecule has 0 heterocycles. The lowest BCUT2D eigenvalue weighted by atomic mass is 10.2. The highest BCUT2D eigenvalue weighted by Gasteiger charge is 2.13. The highest BCUT2D eigenvalue weighted by Crippen LogP contribution is 2.10. The average molecular weight is 357 g/mol. The van der Waals surface area contributed by atoms with E-state index in [9.17, 15) is 18.8 Å². The number of hydrogen-bond acceptors (Lipinski definition) is 5. The van der Waals surface area contributed by atoms with Crippen molar-refractivity contribution in [2.75, 3.05) is 11.9 Å². The number of ether oxygens (including phenoxy) is 1. The molecular formula is C18H16FN3O4. The highest BCUT2D eigenvalue weighted by molar-refractivity contribution is 6.39. The number of benzene rings is 2. The number of anilines is 1. The third-order valence-electron chi connectivity index (χ3n) is 3.09. The smallest absolute Gasteiger partial charge is 0.338 e. The van der Waals surface area contributed by atoms with Crippen LogP contribution >= 0.6 is 0 Å². The van der Waals surface area contributed by atoms with Crippen molar-refractivity contribution in [3.8, 4) is 0 Å². The molecule has 0 saturated heterocycles. The molecule has 2 N–H and O–H groups in total. The van der Waals surface area contributed by atoms with Crippen molar-refractivity contribution in [3.63, 3.8) is 0 Å². The van der Waals surface area contributed by atoms with Gasteiger partial charge in [0, 0.05) is 5.69 Å². The van der Waals surface area contributed by atoms with E-state index in [-0.39, 0.29) is 6.61 Å². The fraction of sp³-hybridized carbons (Fsp3) is 0.111. The summed E-state index contributed by atoms with van der Waals surface area (Å²) in [6.07, 6.45) is 1.21. The van der Waals surface area contributed by atoms with Crippen molar-refractivity contribution in [2.45, 2.75) is 6.92 Å². The van der Waals surface area contributed by atoms with Gasteiger partial charge in [-0.25, -0.2) is 14.6 Å². The molecule has 0 radical (unpaired) electrons. The van der Waals surface area contributed by atoms with Crippen molar-refractivity contribution in [3.05, 3.63) is 65.5 Å². The molecule has 0 fully saturated rings. The quantitative estimate of drug-likeness (QED) is 0.371. The molecule has 0 aliphatic rings. The molecule has 8 heteroatoms. The van der Waals surface area contributed by atoms with Crippen molar-refractivity contribution in [1.82, 2.24) is 5.43 Å². The Bertz CT molecular complexity index is 835. The van der Waals surface area contributed by atoms with Crippen LogP contribution in [0.25, 0.3) is 0 Å². The number of hydrazone groups is 1. The second kappa shape index (κ2) is 9.07. The van der Waals surface area contributed by atoms with Gasteiger partial charge in [0.1, 0.15) is 5.82 Å². The molecule has 0 saturated carbocycles. The Morgan fingerprint density at radius 2 is 1.85 bits per heavy atom. The number of hydrogen-bond donors (Lipinski definition) is 2. The van der Waals surface area contributed by atoms with Crippen LogP contribution in [0.5, 0.6) is 0 Å². The Kier molecular flexibility index (Phi) is 6.55. The summed E-state index contributed by atoms with van der Waals surface area (Å²) in [7, 11) is 0. The minimum Gasteiger partial charge on any atom is -0.462 e.